The zero-order valence-corrected chi connectivity index (χ0v) is 12.0. The number of hydrogen-bond acceptors (Lipinski definition) is 4. The van der Waals surface area contributed by atoms with E-state index in [9.17, 15) is 19.7 Å². The Morgan fingerprint density at radius 3 is 2.50 bits per heavy atom. The Balaban J connectivity index is 2.05. The first-order valence-electron chi connectivity index (χ1n) is 6.61. The smallest absolute Gasteiger partial charge is 0.145 e. The standard InChI is InChI=1S/C14H19ClFNO3/c1-8(5-9-3-2-4-10(15)13(9)16)17-6-11(18)14(20)12(19)7-17/h2-4,8,11-12,14,18-20H,5-7H2,1H3/t8?,11-,12+,14?. The number of benzene rings is 1. The normalized spacial score (nSPS) is 29.4. The van der Waals surface area contributed by atoms with E-state index >= 15 is 0 Å². The van der Waals surface area contributed by atoms with Crippen LogP contribution in [0.15, 0.2) is 18.2 Å². The van der Waals surface area contributed by atoms with E-state index in [2.05, 4.69) is 0 Å². The second-order valence-electron chi connectivity index (χ2n) is 5.35. The van der Waals surface area contributed by atoms with Crippen molar-refractivity contribution in [3.63, 3.8) is 0 Å². The van der Waals surface area contributed by atoms with Gasteiger partial charge in [0.15, 0.2) is 0 Å². The lowest BCUT2D eigenvalue weighted by atomic mass is 9.98. The molecule has 0 radical (unpaired) electrons. The highest BCUT2D eigenvalue weighted by molar-refractivity contribution is 6.30. The van der Waals surface area contributed by atoms with E-state index in [0.29, 0.717) is 12.0 Å². The average Bonchev–Trinajstić information content (AvgIpc) is 2.40. The highest BCUT2D eigenvalue weighted by Gasteiger charge is 2.35. The van der Waals surface area contributed by atoms with E-state index in [1.807, 2.05) is 11.8 Å². The van der Waals surface area contributed by atoms with Gasteiger partial charge >= 0.3 is 0 Å². The van der Waals surface area contributed by atoms with Gasteiger partial charge in [-0.3, -0.25) is 4.90 Å². The fraction of sp³-hybridized carbons (Fsp3) is 0.571. The molecule has 1 fully saturated rings. The number of β-amino-alcohol motifs (C(OH)–C–C–N with tert-alkyl or cyclic N) is 2. The summed E-state index contributed by atoms with van der Waals surface area (Å²) in [4.78, 5) is 1.84. The molecule has 0 saturated carbocycles. The third-order valence-corrected chi connectivity index (χ3v) is 4.09. The summed E-state index contributed by atoms with van der Waals surface area (Å²) in [6.45, 7) is 2.39. The van der Waals surface area contributed by atoms with Gasteiger partial charge in [0.05, 0.1) is 17.2 Å². The summed E-state index contributed by atoms with van der Waals surface area (Å²) < 4.78 is 13.9. The summed E-state index contributed by atoms with van der Waals surface area (Å²) in [5.74, 6) is -0.431. The van der Waals surface area contributed by atoms with Crippen molar-refractivity contribution in [2.45, 2.75) is 37.7 Å². The zero-order valence-electron chi connectivity index (χ0n) is 11.2. The lowest BCUT2D eigenvalue weighted by Crippen LogP contribution is -2.57. The molecule has 1 aromatic carbocycles. The van der Waals surface area contributed by atoms with Crippen molar-refractivity contribution in [1.29, 1.82) is 0 Å². The maximum Gasteiger partial charge on any atom is 0.145 e. The number of piperidine rings is 1. The van der Waals surface area contributed by atoms with Gasteiger partial charge in [-0.1, -0.05) is 23.7 Å². The van der Waals surface area contributed by atoms with E-state index in [4.69, 9.17) is 11.6 Å². The van der Waals surface area contributed by atoms with Crippen LogP contribution >= 0.6 is 11.6 Å². The summed E-state index contributed by atoms with van der Waals surface area (Å²) in [6.07, 6.45) is -2.70. The van der Waals surface area contributed by atoms with Gasteiger partial charge in [0.1, 0.15) is 11.9 Å². The summed E-state index contributed by atoms with van der Waals surface area (Å²) in [5.41, 5.74) is 0.500. The number of aliphatic hydroxyl groups is 3. The average molecular weight is 304 g/mol. The molecule has 0 amide bonds. The SMILES string of the molecule is CC(Cc1cccc(Cl)c1F)N1C[C@@H](O)C(O)[C@@H](O)C1. The fourth-order valence-electron chi connectivity index (χ4n) is 2.54. The number of nitrogens with zero attached hydrogens (tertiary/aromatic N) is 1. The highest BCUT2D eigenvalue weighted by atomic mass is 35.5. The molecule has 4 atom stereocenters. The molecule has 0 bridgehead atoms. The third-order valence-electron chi connectivity index (χ3n) is 3.80. The molecule has 112 valence electrons. The summed E-state index contributed by atoms with van der Waals surface area (Å²) in [6, 6.07) is 4.77. The van der Waals surface area contributed by atoms with Crippen molar-refractivity contribution in [3.8, 4) is 0 Å². The van der Waals surface area contributed by atoms with Crippen LogP contribution in [0.25, 0.3) is 0 Å². The molecule has 1 aliphatic heterocycles. The number of likely N-dealkylation sites (tertiary alicyclic amines) is 1. The lowest BCUT2D eigenvalue weighted by molar-refractivity contribution is -0.116. The monoisotopic (exact) mass is 303 g/mol. The summed E-state index contributed by atoms with van der Waals surface area (Å²) in [5, 5.41) is 29.0. The summed E-state index contributed by atoms with van der Waals surface area (Å²) in [7, 11) is 0. The van der Waals surface area contributed by atoms with Crippen LogP contribution in [-0.2, 0) is 6.42 Å². The van der Waals surface area contributed by atoms with Crippen LogP contribution in [0.1, 0.15) is 12.5 Å². The van der Waals surface area contributed by atoms with Crippen LogP contribution in [0, 0.1) is 5.82 Å². The molecule has 2 unspecified atom stereocenters. The highest BCUT2D eigenvalue weighted by Crippen LogP contribution is 2.22. The Kier molecular flexibility index (Phi) is 4.99. The van der Waals surface area contributed by atoms with Crippen molar-refractivity contribution >= 4 is 11.6 Å². The second-order valence-corrected chi connectivity index (χ2v) is 5.75. The molecule has 0 aromatic heterocycles. The molecule has 1 saturated heterocycles. The quantitative estimate of drug-likeness (QED) is 0.773. The van der Waals surface area contributed by atoms with Gasteiger partial charge in [-0.05, 0) is 25.0 Å². The lowest BCUT2D eigenvalue weighted by Gasteiger charge is -2.40. The van der Waals surface area contributed by atoms with Crippen molar-refractivity contribution in [1.82, 2.24) is 4.90 Å². The molecule has 4 nitrogen and oxygen atoms in total. The van der Waals surface area contributed by atoms with Crippen molar-refractivity contribution in [2.75, 3.05) is 13.1 Å². The first-order chi connectivity index (χ1) is 9.40. The topological polar surface area (TPSA) is 63.9 Å². The van der Waals surface area contributed by atoms with E-state index in [1.54, 1.807) is 12.1 Å². The fourth-order valence-corrected chi connectivity index (χ4v) is 2.73. The molecule has 1 aromatic rings. The van der Waals surface area contributed by atoms with Crippen LogP contribution in [0.5, 0.6) is 0 Å². The molecule has 0 spiro atoms. The Labute approximate surface area is 122 Å². The maximum atomic E-state index is 13.9. The Morgan fingerprint density at radius 2 is 1.90 bits per heavy atom. The van der Waals surface area contributed by atoms with Gasteiger partial charge in [-0.15, -0.1) is 0 Å². The molecular weight excluding hydrogens is 285 g/mol. The van der Waals surface area contributed by atoms with Crippen molar-refractivity contribution in [3.05, 3.63) is 34.6 Å². The van der Waals surface area contributed by atoms with E-state index in [0.717, 1.165) is 0 Å². The predicted molar refractivity (Wildman–Crippen MR) is 74.2 cm³/mol. The van der Waals surface area contributed by atoms with Gasteiger partial charge in [-0.25, -0.2) is 4.39 Å². The number of aliphatic hydroxyl groups excluding tert-OH is 3. The zero-order chi connectivity index (χ0) is 14.9. The largest absolute Gasteiger partial charge is 0.389 e. The van der Waals surface area contributed by atoms with E-state index in [-0.39, 0.29) is 24.2 Å². The second kappa shape index (κ2) is 6.37. The van der Waals surface area contributed by atoms with Gasteiger partial charge in [0, 0.05) is 19.1 Å². The van der Waals surface area contributed by atoms with Crippen LogP contribution < -0.4 is 0 Å². The van der Waals surface area contributed by atoms with E-state index < -0.39 is 24.1 Å². The number of rotatable bonds is 3. The maximum absolute atomic E-state index is 13.9. The van der Waals surface area contributed by atoms with Crippen molar-refractivity contribution < 1.29 is 19.7 Å². The molecule has 1 aliphatic rings. The first kappa shape index (κ1) is 15.7. The van der Waals surface area contributed by atoms with Gasteiger partial charge in [0.2, 0.25) is 0 Å². The Bertz CT molecular complexity index is 462. The molecule has 2 rings (SSSR count). The molecule has 3 N–H and O–H groups in total. The number of hydrogen-bond donors (Lipinski definition) is 3. The van der Waals surface area contributed by atoms with Gasteiger partial charge < -0.3 is 15.3 Å². The minimum atomic E-state index is -1.12. The van der Waals surface area contributed by atoms with Gasteiger partial charge in [-0.2, -0.15) is 0 Å². The molecule has 0 aliphatic carbocycles. The molecule has 1 heterocycles. The first-order valence-corrected chi connectivity index (χ1v) is 6.99. The van der Waals surface area contributed by atoms with Crippen LogP contribution in [0.3, 0.4) is 0 Å². The minimum Gasteiger partial charge on any atom is -0.389 e. The van der Waals surface area contributed by atoms with Crippen LogP contribution in [0.2, 0.25) is 5.02 Å². The molecular formula is C14H19ClFNO3. The molecule has 20 heavy (non-hydrogen) atoms. The number of halogens is 2. The third kappa shape index (κ3) is 3.30. The van der Waals surface area contributed by atoms with Crippen molar-refractivity contribution in [2.24, 2.45) is 0 Å². The van der Waals surface area contributed by atoms with Crippen LogP contribution in [-0.4, -0.2) is 57.7 Å². The summed E-state index contributed by atoms with van der Waals surface area (Å²) >= 11 is 5.75. The predicted octanol–water partition coefficient (Wildman–Crippen LogP) is 0.808. The van der Waals surface area contributed by atoms with Gasteiger partial charge in [0.25, 0.3) is 0 Å². The van der Waals surface area contributed by atoms with Crippen LogP contribution in [0.4, 0.5) is 4.39 Å². The minimum absolute atomic E-state index is 0.0835. The molecule has 6 heteroatoms. The Hall–Kier alpha value is -0.720. The van der Waals surface area contributed by atoms with E-state index in [1.165, 1.54) is 6.07 Å². The Morgan fingerprint density at radius 1 is 1.30 bits per heavy atom.